The molecule has 0 saturated heterocycles. The van der Waals surface area contributed by atoms with E-state index in [1.807, 2.05) is 0 Å². The van der Waals surface area contributed by atoms with Crippen LogP contribution in [-0.4, -0.2) is 33.4 Å². The fourth-order valence-corrected chi connectivity index (χ4v) is 3.92. The monoisotopic (exact) mass is 410 g/mol. The van der Waals surface area contributed by atoms with Crippen molar-refractivity contribution in [3.8, 4) is 11.5 Å². The first-order valence-corrected chi connectivity index (χ1v) is 10.2. The molecule has 1 amide bonds. The van der Waals surface area contributed by atoms with Gasteiger partial charge in [-0.2, -0.15) is 0 Å². The number of hydrogen-bond acceptors (Lipinski definition) is 5. The van der Waals surface area contributed by atoms with Crippen LogP contribution in [-0.2, 0) is 14.8 Å². The summed E-state index contributed by atoms with van der Waals surface area (Å²) in [5.74, 6) is 0.371. The maximum Gasteiger partial charge on any atom is 0.245 e. The molecule has 0 saturated carbocycles. The highest BCUT2D eigenvalue weighted by Crippen LogP contribution is 2.36. The van der Waals surface area contributed by atoms with Crippen LogP contribution in [0, 0.1) is 6.92 Å². The number of fused-ring (bicyclic) bond motifs is 1. The van der Waals surface area contributed by atoms with Gasteiger partial charge >= 0.3 is 0 Å². The number of rotatable bonds is 6. The van der Waals surface area contributed by atoms with E-state index in [0.717, 1.165) is 9.87 Å². The topological polar surface area (TPSA) is 84.9 Å². The molecule has 0 aliphatic carbocycles. The molecule has 9 heteroatoms. The Morgan fingerprint density at radius 1 is 1.19 bits per heavy atom. The number of hydrogen-bond donors (Lipinski definition) is 1. The predicted octanol–water partition coefficient (Wildman–Crippen LogP) is 3.17. The summed E-state index contributed by atoms with van der Waals surface area (Å²) in [5, 5.41) is 3.28. The predicted molar refractivity (Wildman–Crippen MR) is 104 cm³/mol. The highest BCUT2D eigenvalue weighted by atomic mass is 35.5. The molecule has 0 atom stereocenters. The molecule has 0 radical (unpaired) electrons. The highest BCUT2D eigenvalue weighted by Gasteiger charge is 2.26. The first-order chi connectivity index (χ1) is 12.8. The van der Waals surface area contributed by atoms with Crippen molar-refractivity contribution >= 4 is 38.9 Å². The zero-order chi connectivity index (χ0) is 19.6. The minimum absolute atomic E-state index is 0.0790. The van der Waals surface area contributed by atoms with Crippen LogP contribution in [0.3, 0.4) is 0 Å². The first kappa shape index (κ1) is 19.3. The molecule has 0 spiro atoms. The number of nitrogens with zero attached hydrogens (tertiary/aromatic N) is 1. The second-order valence-electron chi connectivity index (χ2n) is 5.95. The van der Waals surface area contributed by atoms with Gasteiger partial charge in [-0.1, -0.05) is 11.6 Å². The number of benzene rings is 2. The molecular formula is C18H19ClN2O5S. The number of ether oxygens (including phenoxy) is 2. The lowest BCUT2D eigenvalue weighted by atomic mass is 10.2. The van der Waals surface area contributed by atoms with Crippen LogP contribution in [0.5, 0.6) is 11.5 Å². The molecule has 2 aromatic carbocycles. The second kappa shape index (κ2) is 7.66. The number of amides is 1. The number of sulfonamides is 1. The SMILES string of the molecule is CCS(=O)(=O)N(CC(=O)Nc1ccc(Cl)cc1C)c1ccc2c(c1)OCO2. The summed E-state index contributed by atoms with van der Waals surface area (Å²) >= 11 is 5.92. The van der Waals surface area contributed by atoms with Crippen LogP contribution in [0.25, 0.3) is 0 Å². The zero-order valence-electron chi connectivity index (χ0n) is 14.9. The van der Waals surface area contributed by atoms with Crippen LogP contribution >= 0.6 is 11.6 Å². The molecule has 7 nitrogen and oxygen atoms in total. The zero-order valence-corrected chi connectivity index (χ0v) is 16.4. The van der Waals surface area contributed by atoms with Crippen LogP contribution in [0.4, 0.5) is 11.4 Å². The van der Waals surface area contributed by atoms with Crippen molar-refractivity contribution in [3.63, 3.8) is 0 Å². The molecule has 0 aromatic heterocycles. The van der Waals surface area contributed by atoms with E-state index < -0.39 is 15.9 Å². The van der Waals surface area contributed by atoms with Gasteiger partial charge in [0.05, 0.1) is 11.4 Å². The van der Waals surface area contributed by atoms with E-state index in [-0.39, 0.29) is 19.1 Å². The molecule has 144 valence electrons. The minimum atomic E-state index is -3.68. The van der Waals surface area contributed by atoms with Gasteiger partial charge in [0.25, 0.3) is 0 Å². The Labute approximate surface area is 162 Å². The number of anilines is 2. The first-order valence-electron chi connectivity index (χ1n) is 8.26. The van der Waals surface area contributed by atoms with Crippen molar-refractivity contribution in [2.75, 3.05) is 28.7 Å². The molecule has 3 rings (SSSR count). The van der Waals surface area contributed by atoms with Gasteiger partial charge in [0, 0.05) is 16.8 Å². The lowest BCUT2D eigenvalue weighted by Gasteiger charge is -2.23. The molecule has 1 heterocycles. The molecule has 1 aliphatic heterocycles. The second-order valence-corrected chi connectivity index (χ2v) is 8.57. The third-order valence-corrected chi connectivity index (χ3v) is 6.07. The Bertz CT molecular complexity index is 978. The average Bonchev–Trinajstić information content (AvgIpc) is 3.09. The van der Waals surface area contributed by atoms with Crippen LogP contribution in [0.2, 0.25) is 5.02 Å². The molecule has 27 heavy (non-hydrogen) atoms. The van der Waals surface area contributed by atoms with E-state index in [9.17, 15) is 13.2 Å². The number of nitrogens with one attached hydrogen (secondary N) is 1. The molecule has 2 aromatic rings. The summed E-state index contributed by atoms with van der Waals surface area (Å²) in [6, 6.07) is 9.81. The van der Waals surface area contributed by atoms with Gasteiger partial charge < -0.3 is 14.8 Å². The maximum atomic E-state index is 12.6. The van der Waals surface area contributed by atoms with Gasteiger partial charge in [-0.05, 0) is 49.7 Å². The number of aryl methyl sites for hydroxylation is 1. The van der Waals surface area contributed by atoms with Crippen molar-refractivity contribution in [2.24, 2.45) is 0 Å². The molecule has 1 aliphatic rings. The molecule has 0 unspecified atom stereocenters. The van der Waals surface area contributed by atoms with Gasteiger partial charge in [-0.15, -0.1) is 0 Å². The van der Waals surface area contributed by atoms with Crippen LogP contribution in [0.15, 0.2) is 36.4 Å². The average molecular weight is 411 g/mol. The van der Waals surface area contributed by atoms with E-state index in [0.29, 0.717) is 27.9 Å². The van der Waals surface area contributed by atoms with Crippen LogP contribution < -0.4 is 19.1 Å². The fourth-order valence-electron chi connectivity index (χ4n) is 2.63. The van der Waals surface area contributed by atoms with E-state index in [2.05, 4.69) is 5.32 Å². The van der Waals surface area contributed by atoms with Gasteiger partial charge in [0.1, 0.15) is 6.54 Å². The Balaban J connectivity index is 1.85. The van der Waals surface area contributed by atoms with Crippen molar-refractivity contribution in [2.45, 2.75) is 13.8 Å². The third kappa shape index (κ3) is 4.28. The Morgan fingerprint density at radius 3 is 2.63 bits per heavy atom. The van der Waals surface area contributed by atoms with Crippen molar-refractivity contribution in [1.29, 1.82) is 0 Å². The Kier molecular flexibility index (Phi) is 5.48. The number of carbonyl (C=O) groups excluding carboxylic acids is 1. The Morgan fingerprint density at radius 2 is 1.93 bits per heavy atom. The molecule has 0 fully saturated rings. The van der Waals surface area contributed by atoms with Gasteiger partial charge in [0.15, 0.2) is 11.5 Å². The van der Waals surface area contributed by atoms with Crippen molar-refractivity contribution < 1.29 is 22.7 Å². The summed E-state index contributed by atoms with van der Waals surface area (Å²) in [4.78, 5) is 12.5. The third-order valence-electron chi connectivity index (χ3n) is 4.09. The Hall–Kier alpha value is -2.45. The van der Waals surface area contributed by atoms with E-state index in [1.54, 1.807) is 43.3 Å². The van der Waals surface area contributed by atoms with E-state index in [4.69, 9.17) is 21.1 Å². The summed E-state index contributed by atoms with van der Waals surface area (Å²) in [6.07, 6.45) is 0. The van der Waals surface area contributed by atoms with Gasteiger partial charge in [0.2, 0.25) is 22.7 Å². The molecular weight excluding hydrogens is 392 g/mol. The minimum Gasteiger partial charge on any atom is -0.454 e. The van der Waals surface area contributed by atoms with Gasteiger partial charge in [-0.3, -0.25) is 9.10 Å². The fraction of sp³-hybridized carbons (Fsp3) is 0.278. The van der Waals surface area contributed by atoms with E-state index in [1.165, 1.54) is 6.92 Å². The normalized spacial score (nSPS) is 12.7. The van der Waals surface area contributed by atoms with Gasteiger partial charge in [-0.25, -0.2) is 8.42 Å². The summed E-state index contributed by atoms with van der Waals surface area (Å²) in [5.41, 5.74) is 1.69. The summed E-state index contributed by atoms with van der Waals surface area (Å²) < 4.78 is 36.7. The highest BCUT2D eigenvalue weighted by molar-refractivity contribution is 7.92. The lowest BCUT2D eigenvalue weighted by molar-refractivity contribution is -0.114. The lowest BCUT2D eigenvalue weighted by Crippen LogP contribution is -2.39. The largest absolute Gasteiger partial charge is 0.454 e. The van der Waals surface area contributed by atoms with Crippen LogP contribution in [0.1, 0.15) is 12.5 Å². The summed E-state index contributed by atoms with van der Waals surface area (Å²) in [7, 11) is -3.68. The molecule has 1 N–H and O–H groups in total. The quantitative estimate of drug-likeness (QED) is 0.790. The maximum absolute atomic E-state index is 12.6. The smallest absolute Gasteiger partial charge is 0.245 e. The summed E-state index contributed by atoms with van der Waals surface area (Å²) in [6.45, 7) is 3.05. The standard InChI is InChI=1S/C18H19ClN2O5S/c1-3-27(23,24)21(14-5-7-16-17(9-14)26-11-25-16)10-18(22)20-15-6-4-13(19)8-12(15)2/h4-9H,3,10-11H2,1-2H3,(H,20,22). The molecule has 0 bridgehead atoms. The van der Waals surface area contributed by atoms with Crippen molar-refractivity contribution in [1.82, 2.24) is 0 Å². The number of carbonyl (C=O) groups is 1. The number of halogens is 1. The van der Waals surface area contributed by atoms with Crippen molar-refractivity contribution in [3.05, 3.63) is 47.0 Å². The van der Waals surface area contributed by atoms with E-state index >= 15 is 0 Å².